The van der Waals surface area contributed by atoms with Gasteiger partial charge in [-0.15, -0.1) is 0 Å². The minimum Gasteiger partial charge on any atom is -0.481 e. The smallest absolute Gasteiger partial charge is 0.407 e. The lowest BCUT2D eigenvalue weighted by Crippen LogP contribution is -2.47. The van der Waals surface area contributed by atoms with Gasteiger partial charge in [-0.2, -0.15) is 0 Å². The first-order valence-electron chi connectivity index (χ1n) is 11.7. The molecule has 2 unspecified atom stereocenters. The number of amides is 2. The highest BCUT2D eigenvalue weighted by Crippen LogP contribution is 2.44. The molecule has 3 rings (SSSR count). The molecule has 2 aromatic carbocycles. The maximum atomic E-state index is 12.7. The fourth-order valence-electron chi connectivity index (χ4n) is 4.27. The molecule has 8 nitrogen and oxygen atoms in total. The third kappa shape index (κ3) is 6.82. The number of alkyl carbamates (subject to hydrolysis) is 1. The Morgan fingerprint density at radius 3 is 2.06 bits per heavy atom. The van der Waals surface area contributed by atoms with Crippen LogP contribution in [0, 0.1) is 5.41 Å². The van der Waals surface area contributed by atoms with Crippen molar-refractivity contribution in [1.82, 2.24) is 10.6 Å². The van der Waals surface area contributed by atoms with Crippen molar-refractivity contribution in [1.29, 1.82) is 0 Å². The van der Waals surface area contributed by atoms with Gasteiger partial charge in [0.2, 0.25) is 5.91 Å². The van der Waals surface area contributed by atoms with Crippen molar-refractivity contribution in [3.63, 3.8) is 0 Å². The number of carboxylic acids is 1. The van der Waals surface area contributed by atoms with Gasteiger partial charge in [-0.05, 0) is 27.7 Å². The molecule has 2 aromatic rings. The molecule has 8 heteroatoms. The number of carbonyl (C=O) groups excluding carboxylic acids is 2. The molecule has 0 fully saturated rings. The van der Waals surface area contributed by atoms with Gasteiger partial charge in [0.05, 0.1) is 12.5 Å². The number of carboxylic acid groups (broad SMARTS) is 1. The highest BCUT2D eigenvalue weighted by molar-refractivity contribution is 5.80. The van der Waals surface area contributed by atoms with Crippen LogP contribution >= 0.6 is 0 Å². The lowest BCUT2D eigenvalue weighted by molar-refractivity contribution is -0.140. The van der Waals surface area contributed by atoms with E-state index in [9.17, 15) is 14.4 Å². The van der Waals surface area contributed by atoms with Gasteiger partial charge in [0.15, 0.2) is 0 Å². The molecule has 0 radical (unpaired) electrons. The predicted molar refractivity (Wildman–Crippen MR) is 132 cm³/mol. The molecular weight excluding hydrogens is 448 g/mol. The van der Waals surface area contributed by atoms with Gasteiger partial charge in [0.25, 0.3) is 0 Å². The number of benzene rings is 2. The molecule has 188 valence electrons. The Hall–Kier alpha value is -3.39. The predicted octanol–water partition coefficient (Wildman–Crippen LogP) is 3.94. The molecule has 0 aliphatic heterocycles. The number of fused-ring (bicyclic) bond motifs is 3. The highest BCUT2D eigenvalue weighted by Gasteiger charge is 2.32. The van der Waals surface area contributed by atoms with Crippen LogP contribution in [0.5, 0.6) is 0 Å². The van der Waals surface area contributed by atoms with E-state index in [-0.39, 0.29) is 37.8 Å². The fraction of sp³-hybridized carbons (Fsp3) is 0.444. The maximum Gasteiger partial charge on any atom is 0.407 e. The van der Waals surface area contributed by atoms with Crippen molar-refractivity contribution < 1.29 is 29.0 Å². The molecular formula is C27H34N2O6. The number of rotatable bonds is 10. The second kappa shape index (κ2) is 11.4. The summed E-state index contributed by atoms with van der Waals surface area (Å²) in [7, 11) is 1.40. The summed E-state index contributed by atoms with van der Waals surface area (Å²) in [5, 5.41) is 14.5. The molecule has 35 heavy (non-hydrogen) atoms. The van der Waals surface area contributed by atoms with Crippen molar-refractivity contribution in [2.45, 2.75) is 51.7 Å². The number of hydrogen-bond donors (Lipinski definition) is 3. The monoisotopic (exact) mass is 482 g/mol. The van der Waals surface area contributed by atoms with E-state index in [1.54, 1.807) is 0 Å². The number of nitrogens with one attached hydrogen (secondary N) is 2. The summed E-state index contributed by atoms with van der Waals surface area (Å²) in [4.78, 5) is 36.2. The molecule has 2 amide bonds. The van der Waals surface area contributed by atoms with E-state index in [4.69, 9.17) is 14.6 Å². The lowest BCUT2D eigenvalue weighted by Gasteiger charge is -2.31. The van der Waals surface area contributed by atoms with Crippen molar-refractivity contribution in [2.75, 3.05) is 20.3 Å². The number of hydrogen-bond acceptors (Lipinski definition) is 5. The molecule has 0 bridgehead atoms. The first-order chi connectivity index (χ1) is 16.6. The zero-order chi connectivity index (χ0) is 25.6. The zero-order valence-electron chi connectivity index (χ0n) is 20.7. The van der Waals surface area contributed by atoms with Crippen LogP contribution in [0.2, 0.25) is 0 Å². The summed E-state index contributed by atoms with van der Waals surface area (Å²) in [6.45, 7) is 6.04. The third-order valence-corrected chi connectivity index (χ3v) is 6.33. The molecule has 1 aliphatic carbocycles. The average Bonchev–Trinajstić information content (AvgIpc) is 3.13. The van der Waals surface area contributed by atoms with Crippen LogP contribution in [-0.4, -0.2) is 55.5 Å². The normalized spacial score (nSPS) is 14.4. The van der Waals surface area contributed by atoms with E-state index in [0.29, 0.717) is 0 Å². The Bertz CT molecular complexity index is 1020. The van der Waals surface area contributed by atoms with Gasteiger partial charge in [0, 0.05) is 32.0 Å². The Labute approximate surface area is 206 Å². The highest BCUT2D eigenvalue weighted by atomic mass is 16.5. The van der Waals surface area contributed by atoms with Gasteiger partial charge in [0.1, 0.15) is 6.61 Å². The van der Waals surface area contributed by atoms with Gasteiger partial charge < -0.3 is 25.2 Å². The third-order valence-electron chi connectivity index (χ3n) is 6.33. The van der Waals surface area contributed by atoms with Gasteiger partial charge in [-0.1, -0.05) is 69.3 Å². The van der Waals surface area contributed by atoms with E-state index in [1.807, 2.05) is 45.0 Å². The topological polar surface area (TPSA) is 114 Å². The first kappa shape index (κ1) is 26.2. The molecule has 0 heterocycles. The van der Waals surface area contributed by atoms with E-state index < -0.39 is 29.6 Å². The minimum atomic E-state index is -1.00. The Kier molecular flexibility index (Phi) is 8.51. The van der Waals surface area contributed by atoms with Crippen LogP contribution in [0.3, 0.4) is 0 Å². The van der Waals surface area contributed by atoms with Crippen LogP contribution in [0.1, 0.15) is 50.7 Å². The summed E-state index contributed by atoms with van der Waals surface area (Å²) < 4.78 is 10.7. The molecule has 2 atom stereocenters. The minimum absolute atomic E-state index is 0.0250. The summed E-state index contributed by atoms with van der Waals surface area (Å²) in [6, 6.07) is 15.7. The molecule has 0 aromatic heterocycles. The zero-order valence-corrected chi connectivity index (χ0v) is 20.7. The van der Waals surface area contributed by atoms with Gasteiger partial charge >= 0.3 is 12.1 Å². The van der Waals surface area contributed by atoms with Crippen LogP contribution in [-0.2, 0) is 19.1 Å². The Morgan fingerprint density at radius 1 is 0.971 bits per heavy atom. The van der Waals surface area contributed by atoms with E-state index in [0.717, 1.165) is 22.3 Å². The largest absolute Gasteiger partial charge is 0.481 e. The first-order valence-corrected chi connectivity index (χ1v) is 11.7. The van der Waals surface area contributed by atoms with E-state index in [2.05, 4.69) is 34.9 Å². The molecule has 0 saturated heterocycles. The van der Waals surface area contributed by atoms with E-state index >= 15 is 0 Å². The fourth-order valence-corrected chi connectivity index (χ4v) is 4.27. The molecule has 0 saturated carbocycles. The van der Waals surface area contributed by atoms with Crippen LogP contribution in [0.15, 0.2) is 48.5 Å². The van der Waals surface area contributed by atoms with E-state index in [1.165, 1.54) is 7.11 Å². The average molecular weight is 483 g/mol. The van der Waals surface area contributed by atoms with Crippen molar-refractivity contribution >= 4 is 18.0 Å². The molecule has 0 spiro atoms. The van der Waals surface area contributed by atoms with Crippen molar-refractivity contribution in [3.8, 4) is 11.1 Å². The maximum absolute atomic E-state index is 12.7. The second-order valence-electron chi connectivity index (χ2n) is 9.85. The SMILES string of the molecule is COC(CNC(=O)CC(NC(=O)OCC1c2ccccc2-c2ccccc21)C(C)(C)C)CC(=O)O. The second-order valence-corrected chi connectivity index (χ2v) is 9.85. The lowest BCUT2D eigenvalue weighted by atomic mass is 9.84. The summed E-state index contributed by atoms with van der Waals surface area (Å²) in [5.41, 5.74) is 4.15. The van der Waals surface area contributed by atoms with Crippen molar-refractivity contribution in [3.05, 3.63) is 59.7 Å². The Balaban J connectivity index is 1.59. The summed E-state index contributed by atoms with van der Waals surface area (Å²) in [6.07, 6.45) is -1.39. The van der Waals surface area contributed by atoms with Crippen LogP contribution in [0.25, 0.3) is 11.1 Å². The molecule has 3 N–H and O–H groups in total. The standard InChI is InChI=1S/C27H34N2O6/c1-27(2,3)23(14-24(30)28-15-17(34-4)13-25(31)32)29-26(33)35-16-22-20-11-7-5-9-18(20)19-10-6-8-12-21(19)22/h5-12,17,22-23H,13-16H2,1-4H3,(H,28,30)(H,29,33)(H,31,32). The quantitative estimate of drug-likeness (QED) is 0.473. The van der Waals surface area contributed by atoms with Gasteiger partial charge in [-0.25, -0.2) is 4.79 Å². The number of ether oxygens (including phenoxy) is 2. The Morgan fingerprint density at radius 2 is 1.54 bits per heavy atom. The number of methoxy groups -OCH3 is 1. The van der Waals surface area contributed by atoms with Gasteiger partial charge in [-0.3, -0.25) is 9.59 Å². The van der Waals surface area contributed by atoms with Crippen LogP contribution in [0.4, 0.5) is 4.79 Å². The number of aliphatic carboxylic acids is 1. The number of carbonyl (C=O) groups is 3. The summed E-state index contributed by atoms with van der Waals surface area (Å²) in [5.74, 6) is -1.36. The van der Waals surface area contributed by atoms with Crippen molar-refractivity contribution in [2.24, 2.45) is 5.41 Å². The summed E-state index contributed by atoms with van der Waals surface area (Å²) >= 11 is 0. The van der Waals surface area contributed by atoms with Crippen LogP contribution < -0.4 is 10.6 Å². The molecule has 1 aliphatic rings.